The Hall–Kier alpha value is -2.73. The second-order valence-electron chi connectivity index (χ2n) is 4.24. The number of rotatable bonds is 3. The third-order valence-corrected chi connectivity index (χ3v) is 3.02. The summed E-state index contributed by atoms with van der Waals surface area (Å²) in [5.74, 6) is -0.339. The fourth-order valence-corrected chi connectivity index (χ4v) is 1.88. The molecule has 0 atom stereocenters. The van der Waals surface area contributed by atoms with E-state index in [-0.39, 0.29) is 16.8 Å². The Labute approximate surface area is 125 Å². The van der Waals surface area contributed by atoms with Gasteiger partial charge >= 0.3 is 0 Å². The van der Waals surface area contributed by atoms with Crippen LogP contribution in [0.3, 0.4) is 0 Å². The summed E-state index contributed by atoms with van der Waals surface area (Å²) in [6, 6.07) is 12.3. The minimum absolute atomic E-state index is 0.206. The third-order valence-electron chi connectivity index (χ3n) is 2.82. The van der Waals surface area contributed by atoms with Crippen LogP contribution in [0.1, 0.15) is 10.5 Å². The molecule has 2 N–H and O–H groups in total. The van der Waals surface area contributed by atoms with Crippen molar-refractivity contribution in [3.8, 4) is 11.3 Å². The van der Waals surface area contributed by atoms with Crippen molar-refractivity contribution in [3.05, 3.63) is 59.5 Å². The Bertz CT molecular complexity index is 738. The van der Waals surface area contributed by atoms with E-state index in [4.69, 9.17) is 11.6 Å². The molecular weight excluding hydrogens is 290 g/mol. The molecule has 0 aliphatic carbocycles. The molecule has 0 bridgehead atoms. The molecule has 1 amide bonds. The fourth-order valence-electron chi connectivity index (χ4n) is 1.78. The molecule has 104 valence electrons. The van der Waals surface area contributed by atoms with Crippen LogP contribution in [0.5, 0.6) is 0 Å². The van der Waals surface area contributed by atoms with Crippen molar-refractivity contribution >= 4 is 23.2 Å². The highest BCUT2D eigenvalue weighted by Gasteiger charge is 2.08. The predicted molar refractivity (Wildman–Crippen MR) is 79.0 cm³/mol. The second kappa shape index (κ2) is 5.72. The number of hydrogen-bond donors (Lipinski definition) is 2. The van der Waals surface area contributed by atoms with Crippen molar-refractivity contribution in [1.82, 2.24) is 20.4 Å². The lowest BCUT2D eigenvalue weighted by Crippen LogP contribution is -2.14. The number of hydrogen-bond acceptors (Lipinski definition) is 4. The van der Waals surface area contributed by atoms with Crippen LogP contribution in [0.25, 0.3) is 11.3 Å². The topological polar surface area (TPSA) is 83.6 Å². The van der Waals surface area contributed by atoms with Gasteiger partial charge in [-0.05, 0) is 35.9 Å². The standard InChI is InChI=1S/C14H10ClN5O/c15-13-6-5-12(19-20-13)14(21)17-10-3-1-9(2-4-10)11-7-8-16-18-11/h1-8H,(H,16,18)(H,17,21). The van der Waals surface area contributed by atoms with Crippen LogP contribution in [0.15, 0.2) is 48.7 Å². The Morgan fingerprint density at radius 2 is 1.86 bits per heavy atom. The van der Waals surface area contributed by atoms with Crippen molar-refractivity contribution < 1.29 is 4.79 Å². The van der Waals surface area contributed by atoms with Crippen LogP contribution in [0.2, 0.25) is 5.15 Å². The number of H-pyrrole nitrogens is 1. The monoisotopic (exact) mass is 299 g/mol. The number of nitrogens with zero attached hydrogens (tertiary/aromatic N) is 3. The van der Waals surface area contributed by atoms with Crippen molar-refractivity contribution in [2.75, 3.05) is 5.32 Å². The Kier molecular flexibility index (Phi) is 3.61. The summed E-state index contributed by atoms with van der Waals surface area (Å²) in [6.45, 7) is 0. The maximum Gasteiger partial charge on any atom is 0.276 e. The van der Waals surface area contributed by atoms with Gasteiger partial charge in [0.25, 0.3) is 5.91 Å². The van der Waals surface area contributed by atoms with Crippen molar-refractivity contribution in [3.63, 3.8) is 0 Å². The maximum absolute atomic E-state index is 12.0. The van der Waals surface area contributed by atoms with Gasteiger partial charge in [0.15, 0.2) is 10.8 Å². The predicted octanol–water partition coefficient (Wildman–Crippen LogP) is 2.77. The zero-order valence-electron chi connectivity index (χ0n) is 10.7. The number of carbonyl (C=O) groups excluding carboxylic acids is 1. The van der Waals surface area contributed by atoms with E-state index in [1.807, 2.05) is 18.2 Å². The van der Waals surface area contributed by atoms with E-state index >= 15 is 0 Å². The zero-order valence-corrected chi connectivity index (χ0v) is 11.5. The molecule has 21 heavy (non-hydrogen) atoms. The minimum Gasteiger partial charge on any atom is -0.321 e. The summed E-state index contributed by atoms with van der Waals surface area (Å²) in [5, 5.41) is 17.1. The number of amides is 1. The molecule has 0 aliphatic rings. The normalized spacial score (nSPS) is 10.3. The smallest absolute Gasteiger partial charge is 0.276 e. The highest BCUT2D eigenvalue weighted by Crippen LogP contribution is 2.19. The largest absolute Gasteiger partial charge is 0.321 e. The van der Waals surface area contributed by atoms with Crippen LogP contribution in [-0.4, -0.2) is 26.3 Å². The first-order valence-corrected chi connectivity index (χ1v) is 6.50. The maximum atomic E-state index is 12.0. The van der Waals surface area contributed by atoms with Crippen molar-refractivity contribution in [2.24, 2.45) is 0 Å². The summed E-state index contributed by atoms with van der Waals surface area (Å²) in [7, 11) is 0. The number of nitrogens with one attached hydrogen (secondary N) is 2. The Balaban J connectivity index is 1.73. The van der Waals surface area contributed by atoms with E-state index in [1.54, 1.807) is 18.3 Å². The van der Waals surface area contributed by atoms with Crippen LogP contribution < -0.4 is 5.32 Å². The van der Waals surface area contributed by atoms with E-state index in [1.165, 1.54) is 12.1 Å². The molecule has 2 aromatic heterocycles. The zero-order chi connectivity index (χ0) is 14.7. The number of anilines is 1. The highest BCUT2D eigenvalue weighted by molar-refractivity contribution is 6.29. The van der Waals surface area contributed by atoms with Gasteiger partial charge in [0.2, 0.25) is 0 Å². The molecule has 3 rings (SSSR count). The van der Waals surface area contributed by atoms with Gasteiger partial charge in [-0.15, -0.1) is 10.2 Å². The number of benzene rings is 1. The summed E-state index contributed by atoms with van der Waals surface area (Å²) in [4.78, 5) is 12.0. The van der Waals surface area contributed by atoms with E-state index in [0.29, 0.717) is 5.69 Å². The fraction of sp³-hybridized carbons (Fsp3) is 0. The first-order chi connectivity index (χ1) is 10.2. The molecule has 0 unspecified atom stereocenters. The molecule has 0 radical (unpaired) electrons. The van der Waals surface area contributed by atoms with Crippen LogP contribution in [0, 0.1) is 0 Å². The molecule has 0 saturated heterocycles. The molecule has 7 heteroatoms. The van der Waals surface area contributed by atoms with E-state index < -0.39 is 0 Å². The molecule has 0 saturated carbocycles. The van der Waals surface area contributed by atoms with Crippen LogP contribution >= 0.6 is 11.6 Å². The Morgan fingerprint density at radius 3 is 2.48 bits per heavy atom. The van der Waals surface area contributed by atoms with E-state index in [0.717, 1.165) is 11.3 Å². The van der Waals surface area contributed by atoms with E-state index in [9.17, 15) is 4.79 Å². The van der Waals surface area contributed by atoms with Gasteiger partial charge in [-0.2, -0.15) is 5.10 Å². The van der Waals surface area contributed by atoms with E-state index in [2.05, 4.69) is 25.7 Å². The van der Waals surface area contributed by atoms with Gasteiger partial charge in [0.1, 0.15) is 0 Å². The molecule has 2 heterocycles. The summed E-state index contributed by atoms with van der Waals surface area (Å²) < 4.78 is 0. The molecule has 0 aliphatic heterocycles. The molecule has 0 spiro atoms. The number of aromatic nitrogens is 4. The van der Waals surface area contributed by atoms with Gasteiger partial charge in [-0.25, -0.2) is 0 Å². The highest BCUT2D eigenvalue weighted by atomic mass is 35.5. The minimum atomic E-state index is -0.339. The lowest BCUT2D eigenvalue weighted by Gasteiger charge is -2.05. The van der Waals surface area contributed by atoms with Gasteiger partial charge in [-0.1, -0.05) is 23.7 Å². The summed E-state index contributed by atoms with van der Waals surface area (Å²) in [5.41, 5.74) is 2.77. The SMILES string of the molecule is O=C(Nc1ccc(-c2ccn[nH]2)cc1)c1ccc(Cl)nn1. The Morgan fingerprint density at radius 1 is 1.05 bits per heavy atom. The number of carbonyl (C=O) groups is 1. The van der Waals surface area contributed by atoms with Gasteiger partial charge < -0.3 is 5.32 Å². The van der Waals surface area contributed by atoms with Gasteiger partial charge in [0, 0.05) is 11.9 Å². The summed E-state index contributed by atoms with van der Waals surface area (Å²) in [6.07, 6.45) is 1.68. The number of halogens is 1. The summed E-state index contributed by atoms with van der Waals surface area (Å²) >= 11 is 5.63. The molecule has 0 fully saturated rings. The lowest BCUT2D eigenvalue weighted by molar-refractivity contribution is 0.102. The third kappa shape index (κ3) is 3.06. The average Bonchev–Trinajstić information content (AvgIpc) is 3.03. The van der Waals surface area contributed by atoms with Gasteiger partial charge in [-0.3, -0.25) is 9.89 Å². The van der Waals surface area contributed by atoms with Crippen molar-refractivity contribution in [2.45, 2.75) is 0 Å². The van der Waals surface area contributed by atoms with Crippen molar-refractivity contribution in [1.29, 1.82) is 0 Å². The second-order valence-corrected chi connectivity index (χ2v) is 4.63. The molecule has 3 aromatic rings. The van der Waals surface area contributed by atoms with Crippen LogP contribution in [-0.2, 0) is 0 Å². The molecule has 6 nitrogen and oxygen atoms in total. The first kappa shape index (κ1) is 13.3. The average molecular weight is 300 g/mol. The van der Waals surface area contributed by atoms with Crippen LogP contribution in [0.4, 0.5) is 5.69 Å². The quantitative estimate of drug-likeness (QED) is 0.779. The lowest BCUT2D eigenvalue weighted by atomic mass is 10.1. The van der Waals surface area contributed by atoms with Gasteiger partial charge in [0.05, 0.1) is 5.69 Å². The number of aromatic amines is 1. The first-order valence-electron chi connectivity index (χ1n) is 6.13. The molecular formula is C14H10ClN5O. The molecule has 1 aromatic carbocycles.